The molecule has 6 nitrogen and oxygen atoms in total. The fraction of sp³-hybridized carbons (Fsp3) is 0.500. The zero-order valence-corrected chi connectivity index (χ0v) is 9.89. The van der Waals surface area contributed by atoms with Gasteiger partial charge in [0.15, 0.2) is 0 Å². The predicted octanol–water partition coefficient (Wildman–Crippen LogP) is -0.487. The molecule has 1 heterocycles. The molecule has 4 atom stereocenters. The first kappa shape index (κ1) is 13.1. The smallest absolute Gasteiger partial charge is 0.229 e. The second kappa shape index (κ2) is 5.53. The summed E-state index contributed by atoms with van der Waals surface area (Å²) in [5.41, 5.74) is 0. The third kappa shape index (κ3) is 2.56. The van der Waals surface area contributed by atoms with Crippen molar-refractivity contribution in [3.8, 4) is 11.5 Å². The van der Waals surface area contributed by atoms with Crippen molar-refractivity contribution in [3.05, 3.63) is 24.3 Å². The number of benzene rings is 1. The van der Waals surface area contributed by atoms with Gasteiger partial charge in [0.25, 0.3) is 0 Å². The van der Waals surface area contributed by atoms with Gasteiger partial charge in [0, 0.05) is 0 Å². The summed E-state index contributed by atoms with van der Waals surface area (Å²) in [6, 6.07) is 6.73. The van der Waals surface area contributed by atoms with Crippen LogP contribution in [0.25, 0.3) is 0 Å². The second-order valence-electron chi connectivity index (χ2n) is 4.00. The van der Waals surface area contributed by atoms with Crippen LogP contribution in [-0.4, -0.2) is 53.6 Å². The number of rotatable bonds is 4. The molecule has 1 aromatic rings. The predicted molar refractivity (Wildman–Crippen MR) is 61.4 cm³/mol. The van der Waals surface area contributed by atoms with Crippen LogP contribution in [0.3, 0.4) is 0 Å². The Morgan fingerprint density at radius 2 is 1.72 bits per heavy atom. The van der Waals surface area contributed by atoms with Crippen LogP contribution in [0.2, 0.25) is 0 Å². The van der Waals surface area contributed by atoms with E-state index in [9.17, 15) is 10.2 Å². The minimum atomic E-state index is -1.19. The van der Waals surface area contributed by atoms with Crippen LogP contribution >= 0.6 is 0 Å². The molecule has 0 aromatic heterocycles. The number of ether oxygens (including phenoxy) is 3. The molecule has 1 aromatic carbocycles. The van der Waals surface area contributed by atoms with Crippen molar-refractivity contribution >= 4 is 0 Å². The minimum Gasteiger partial charge on any atom is -0.497 e. The molecule has 2 rings (SSSR count). The molecule has 1 aliphatic heterocycles. The van der Waals surface area contributed by atoms with E-state index in [0.717, 1.165) is 0 Å². The lowest BCUT2D eigenvalue weighted by atomic mass is 10.1. The number of aliphatic hydroxyl groups excluding tert-OH is 3. The first-order valence-electron chi connectivity index (χ1n) is 5.59. The summed E-state index contributed by atoms with van der Waals surface area (Å²) < 4.78 is 15.6. The van der Waals surface area contributed by atoms with Crippen LogP contribution in [0.5, 0.6) is 11.5 Å². The fourth-order valence-corrected chi connectivity index (χ4v) is 1.75. The van der Waals surface area contributed by atoms with Crippen LogP contribution < -0.4 is 9.47 Å². The highest BCUT2D eigenvalue weighted by Crippen LogP contribution is 2.25. The first-order chi connectivity index (χ1) is 8.65. The third-order valence-corrected chi connectivity index (χ3v) is 2.81. The van der Waals surface area contributed by atoms with Crippen molar-refractivity contribution in [2.45, 2.75) is 24.6 Å². The van der Waals surface area contributed by atoms with Gasteiger partial charge in [-0.05, 0) is 24.3 Å². The molecule has 6 heteroatoms. The normalized spacial score (nSPS) is 31.3. The van der Waals surface area contributed by atoms with E-state index >= 15 is 0 Å². The molecule has 0 radical (unpaired) electrons. The van der Waals surface area contributed by atoms with Gasteiger partial charge < -0.3 is 29.5 Å². The largest absolute Gasteiger partial charge is 0.497 e. The molecule has 100 valence electrons. The summed E-state index contributed by atoms with van der Waals surface area (Å²) in [6.45, 7) is -0.374. The Morgan fingerprint density at radius 1 is 1.11 bits per heavy atom. The highest BCUT2D eigenvalue weighted by Gasteiger charge is 2.43. The lowest BCUT2D eigenvalue weighted by Crippen LogP contribution is -2.35. The lowest BCUT2D eigenvalue weighted by Gasteiger charge is -2.16. The average Bonchev–Trinajstić information content (AvgIpc) is 2.67. The minimum absolute atomic E-state index is 0.374. The molecule has 1 aliphatic rings. The maximum atomic E-state index is 9.69. The molecular weight excluding hydrogens is 240 g/mol. The summed E-state index contributed by atoms with van der Waals surface area (Å²) in [7, 11) is 1.56. The topological polar surface area (TPSA) is 88.4 Å². The summed E-state index contributed by atoms with van der Waals surface area (Å²) in [5, 5.41) is 28.2. The maximum absolute atomic E-state index is 9.69. The second-order valence-corrected chi connectivity index (χ2v) is 4.00. The molecule has 0 unspecified atom stereocenters. The summed E-state index contributed by atoms with van der Waals surface area (Å²) in [4.78, 5) is 0. The molecule has 1 saturated heterocycles. The van der Waals surface area contributed by atoms with Crippen molar-refractivity contribution in [1.82, 2.24) is 0 Å². The molecule has 0 saturated carbocycles. The average molecular weight is 256 g/mol. The van der Waals surface area contributed by atoms with E-state index in [0.29, 0.717) is 11.5 Å². The zero-order chi connectivity index (χ0) is 13.1. The monoisotopic (exact) mass is 256 g/mol. The lowest BCUT2D eigenvalue weighted by molar-refractivity contribution is -0.116. The first-order valence-corrected chi connectivity index (χ1v) is 5.59. The number of hydrogen-bond acceptors (Lipinski definition) is 6. The van der Waals surface area contributed by atoms with E-state index < -0.39 is 24.6 Å². The molecule has 18 heavy (non-hydrogen) atoms. The number of hydrogen-bond donors (Lipinski definition) is 3. The Kier molecular flexibility index (Phi) is 4.03. The zero-order valence-electron chi connectivity index (χ0n) is 9.89. The van der Waals surface area contributed by atoms with Crippen LogP contribution in [-0.2, 0) is 4.74 Å². The van der Waals surface area contributed by atoms with Crippen LogP contribution in [0.15, 0.2) is 24.3 Å². The van der Waals surface area contributed by atoms with Crippen LogP contribution in [0, 0.1) is 0 Å². The van der Waals surface area contributed by atoms with Crippen LogP contribution in [0.4, 0.5) is 0 Å². The van der Waals surface area contributed by atoms with Crippen molar-refractivity contribution in [1.29, 1.82) is 0 Å². The molecule has 3 N–H and O–H groups in total. The maximum Gasteiger partial charge on any atom is 0.229 e. The van der Waals surface area contributed by atoms with Crippen molar-refractivity contribution < 1.29 is 29.5 Å². The van der Waals surface area contributed by atoms with Gasteiger partial charge in [0.2, 0.25) is 6.29 Å². The summed E-state index contributed by atoms with van der Waals surface area (Å²) >= 11 is 0. The molecule has 0 spiro atoms. The van der Waals surface area contributed by atoms with E-state index in [1.807, 2.05) is 0 Å². The van der Waals surface area contributed by atoms with Gasteiger partial charge in [-0.2, -0.15) is 0 Å². The Bertz CT molecular complexity index is 379. The van der Waals surface area contributed by atoms with E-state index in [-0.39, 0.29) is 6.61 Å². The van der Waals surface area contributed by atoms with Crippen molar-refractivity contribution in [2.24, 2.45) is 0 Å². The van der Waals surface area contributed by atoms with Crippen molar-refractivity contribution in [2.75, 3.05) is 13.7 Å². The molecule has 0 bridgehead atoms. The van der Waals surface area contributed by atoms with E-state index in [1.54, 1.807) is 31.4 Å². The van der Waals surface area contributed by atoms with Gasteiger partial charge in [-0.1, -0.05) is 0 Å². The summed E-state index contributed by atoms with van der Waals surface area (Å²) in [5.74, 6) is 1.16. The van der Waals surface area contributed by atoms with E-state index in [2.05, 4.69) is 0 Å². The molecule has 0 amide bonds. The molecule has 1 fully saturated rings. The Labute approximate surface area is 104 Å². The summed E-state index contributed by atoms with van der Waals surface area (Å²) in [6.07, 6.45) is -4.17. The standard InChI is InChI=1S/C12H16O6/c1-16-7-2-4-8(5-3-7)17-12-11(15)10(14)9(6-13)18-12/h2-5,9-15H,6H2,1H3/t9-,10-,11+,12+/m0/s1. The molecular formula is C12H16O6. The quantitative estimate of drug-likeness (QED) is 0.674. The SMILES string of the molecule is COc1ccc(O[C@@H]2O[C@@H](CO)[C@H](O)[C@H]2O)cc1. The Morgan fingerprint density at radius 3 is 2.22 bits per heavy atom. The van der Waals surface area contributed by atoms with Gasteiger partial charge >= 0.3 is 0 Å². The van der Waals surface area contributed by atoms with E-state index in [1.165, 1.54) is 0 Å². The van der Waals surface area contributed by atoms with Gasteiger partial charge in [-0.25, -0.2) is 0 Å². The number of aliphatic hydroxyl groups is 3. The van der Waals surface area contributed by atoms with Gasteiger partial charge in [-0.15, -0.1) is 0 Å². The van der Waals surface area contributed by atoms with Gasteiger partial charge in [-0.3, -0.25) is 0 Å². The van der Waals surface area contributed by atoms with Crippen molar-refractivity contribution in [3.63, 3.8) is 0 Å². The van der Waals surface area contributed by atoms with Crippen LogP contribution in [0.1, 0.15) is 0 Å². The highest BCUT2D eigenvalue weighted by atomic mass is 16.7. The van der Waals surface area contributed by atoms with Gasteiger partial charge in [0.1, 0.15) is 29.8 Å². The fourth-order valence-electron chi connectivity index (χ4n) is 1.75. The Balaban J connectivity index is 2.00. The number of methoxy groups -OCH3 is 1. The third-order valence-electron chi connectivity index (χ3n) is 2.81. The Hall–Kier alpha value is -1.34. The highest BCUT2D eigenvalue weighted by molar-refractivity contribution is 5.31. The molecule has 0 aliphatic carbocycles. The van der Waals surface area contributed by atoms with Gasteiger partial charge in [0.05, 0.1) is 13.7 Å². The van der Waals surface area contributed by atoms with E-state index in [4.69, 9.17) is 19.3 Å².